The van der Waals surface area contributed by atoms with Crippen molar-refractivity contribution in [3.05, 3.63) is 33.3 Å². The van der Waals surface area contributed by atoms with Gasteiger partial charge in [-0.1, -0.05) is 22.0 Å². The Morgan fingerprint density at radius 3 is 3.00 bits per heavy atom. The van der Waals surface area contributed by atoms with Gasteiger partial charge >= 0.3 is 0 Å². The van der Waals surface area contributed by atoms with Crippen molar-refractivity contribution in [2.75, 3.05) is 0 Å². The topological polar surface area (TPSA) is 23.8 Å². The number of nitrogens with zero attached hydrogens (tertiary/aromatic N) is 1. The van der Waals surface area contributed by atoms with Crippen LogP contribution < -0.4 is 0 Å². The molecule has 1 atom stereocenters. The average Bonchev–Trinajstić information content (AvgIpc) is 2.17. The Labute approximate surface area is 92.9 Å². The third kappa shape index (κ3) is 1.57. The molecule has 0 amide bonds. The van der Waals surface area contributed by atoms with Crippen molar-refractivity contribution in [2.45, 2.75) is 32.1 Å². The minimum atomic E-state index is 0.106. The summed E-state index contributed by atoms with van der Waals surface area (Å²) in [5.74, 6) is 0.106. The van der Waals surface area contributed by atoms with E-state index in [-0.39, 0.29) is 5.92 Å². The zero-order valence-electron chi connectivity index (χ0n) is 8.18. The molecule has 0 heterocycles. The van der Waals surface area contributed by atoms with E-state index in [0.717, 1.165) is 19.3 Å². The minimum Gasteiger partial charge on any atom is -0.198 e. The maximum absolute atomic E-state index is 9.05. The Morgan fingerprint density at radius 1 is 1.50 bits per heavy atom. The zero-order valence-corrected chi connectivity index (χ0v) is 9.76. The molecule has 1 aromatic rings. The molecule has 2 heteroatoms. The Hall–Kier alpha value is -0.810. The summed E-state index contributed by atoms with van der Waals surface area (Å²) in [6.07, 6.45) is 3.25. The number of benzene rings is 1. The summed E-state index contributed by atoms with van der Waals surface area (Å²) < 4.78 is 1.17. The zero-order chi connectivity index (χ0) is 10.1. The van der Waals surface area contributed by atoms with Crippen LogP contribution in [-0.4, -0.2) is 0 Å². The van der Waals surface area contributed by atoms with Gasteiger partial charge in [0.05, 0.1) is 12.0 Å². The molecule has 1 unspecified atom stereocenters. The van der Waals surface area contributed by atoms with E-state index < -0.39 is 0 Å². The predicted molar refractivity (Wildman–Crippen MR) is 60.2 cm³/mol. The van der Waals surface area contributed by atoms with Crippen molar-refractivity contribution in [2.24, 2.45) is 0 Å². The lowest BCUT2D eigenvalue weighted by Gasteiger charge is -2.22. The Morgan fingerprint density at radius 2 is 2.29 bits per heavy atom. The molecule has 0 aromatic heterocycles. The van der Waals surface area contributed by atoms with E-state index in [1.165, 1.54) is 21.2 Å². The van der Waals surface area contributed by atoms with E-state index in [2.05, 4.69) is 41.1 Å². The van der Waals surface area contributed by atoms with E-state index in [0.29, 0.717) is 0 Å². The summed E-state index contributed by atoms with van der Waals surface area (Å²) in [5, 5.41) is 9.05. The average molecular weight is 250 g/mol. The van der Waals surface area contributed by atoms with Gasteiger partial charge in [0, 0.05) is 4.47 Å². The lowest BCUT2D eigenvalue weighted by atomic mass is 9.83. The van der Waals surface area contributed by atoms with Gasteiger partial charge < -0.3 is 0 Å². The molecule has 0 saturated carbocycles. The fraction of sp³-hybridized carbons (Fsp3) is 0.417. The molecule has 2 rings (SSSR count). The van der Waals surface area contributed by atoms with Crippen LogP contribution in [0.5, 0.6) is 0 Å². The van der Waals surface area contributed by atoms with Crippen LogP contribution in [0.15, 0.2) is 16.6 Å². The lowest BCUT2D eigenvalue weighted by molar-refractivity contribution is 0.634. The third-order valence-electron chi connectivity index (χ3n) is 2.83. The first-order chi connectivity index (χ1) is 6.72. The molecule has 1 aliphatic rings. The van der Waals surface area contributed by atoms with Gasteiger partial charge in [0.1, 0.15) is 0 Å². The van der Waals surface area contributed by atoms with Gasteiger partial charge in [-0.3, -0.25) is 0 Å². The second kappa shape index (κ2) is 3.74. The van der Waals surface area contributed by atoms with Crippen LogP contribution in [-0.2, 0) is 6.42 Å². The Bertz CT molecular complexity index is 404. The number of halogens is 1. The molecule has 0 bridgehead atoms. The smallest absolute Gasteiger partial charge is 0.0716 e. The molecule has 0 radical (unpaired) electrons. The molecule has 0 saturated heterocycles. The SMILES string of the molecule is Cc1cc(Br)c2c(c1)C(C#N)CCC2. The predicted octanol–water partition coefficient (Wildman–Crippen LogP) is 3.70. The summed E-state index contributed by atoms with van der Waals surface area (Å²) in [6, 6.07) is 6.69. The summed E-state index contributed by atoms with van der Waals surface area (Å²) in [5.41, 5.74) is 3.82. The molecular weight excluding hydrogens is 238 g/mol. The minimum absolute atomic E-state index is 0.106. The van der Waals surface area contributed by atoms with Crippen molar-refractivity contribution in [3.8, 4) is 6.07 Å². The molecule has 1 aliphatic carbocycles. The second-order valence-electron chi connectivity index (χ2n) is 3.89. The highest BCUT2D eigenvalue weighted by Gasteiger charge is 2.21. The van der Waals surface area contributed by atoms with Gasteiger partial charge in [-0.25, -0.2) is 0 Å². The summed E-state index contributed by atoms with van der Waals surface area (Å²) in [7, 11) is 0. The van der Waals surface area contributed by atoms with Gasteiger partial charge in [0.2, 0.25) is 0 Å². The maximum Gasteiger partial charge on any atom is 0.0716 e. The number of hydrogen-bond donors (Lipinski definition) is 0. The summed E-state index contributed by atoms with van der Waals surface area (Å²) >= 11 is 3.58. The normalized spacial score (nSPS) is 19.9. The van der Waals surface area contributed by atoms with E-state index in [9.17, 15) is 0 Å². The number of nitriles is 1. The Balaban J connectivity index is 2.58. The van der Waals surface area contributed by atoms with Crippen LogP contribution in [0.2, 0.25) is 0 Å². The monoisotopic (exact) mass is 249 g/mol. The van der Waals surface area contributed by atoms with Gasteiger partial charge in [-0.15, -0.1) is 0 Å². The van der Waals surface area contributed by atoms with Crippen molar-refractivity contribution in [3.63, 3.8) is 0 Å². The van der Waals surface area contributed by atoms with Gasteiger partial charge in [-0.2, -0.15) is 5.26 Å². The fourth-order valence-corrected chi connectivity index (χ4v) is 2.93. The molecule has 0 fully saturated rings. The molecular formula is C12H12BrN. The molecule has 0 N–H and O–H groups in total. The largest absolute Gasteiger partial charge is 0.198 e. The second-order valence-corrected chi connectivity index (χ2v) is 4.74. The first-order valence-electron chi connectivity index (χ1n) is 4.91. The Kier molecular flexibility index (Phi) is 2.60. The number of rotatable bonds is 0. The molecule has 1 aromatic carbocycles. The summed E-state index contributed by atoms with van der Waals surface area (Å²) in [4.78, 5) is 0. The quantitative estimate of drug-likeness (QED) is 0.688. The van der Waals surface area contributed by atoms with Crippen LogP contribution >= 0.6 is 15.9 Å². The van der Waals surface area contributed by atoms with Crippen LogP contribution in [0, 0.1) is 18.3 Å². The standard InChI is InChI=1S/C12H12BrN/c1-8-5-11-9(7-14)3-2-4-10(11)12(13)6-8/h5-6,9H,2-4H2,1H3. The number of fused-ring (bicyclic) bond motifs is 1. The maximum atomic E-state index is 9.05. The van der Waals surface area contributed by atoms with Gasteiger partial charge in [0.15, 0.2) is 0 Å². The van der Waals surface area contributed by atoms with Crippen molar-refractivity contribution >= 4 is 15.9 Å². The first-order valence-corrected chi connectivity index (χ1v) is 5.70. The van der Waals surface area contributed by atoms with E-state index in [1.807, 2.05) is 0 Å². The van der Waals surface area contributed by atoms with E-state index >= 15 is 0 Å². The van der Waals surface area contributed by atoms with Crippen molar-refractivity contribution in [1.29, 1.82) is 5.26 Å². The molecule has 72 valence electrons. The molecule has 1 nitrogen and oxygen atoms in total. The first kappa shape index (κ1) is 9.73. The van der Waals surface area contributed by atoms with Crippen LogP contribution in [0.3, 0.4) is 0 Å². The fourth-order valence-electron chi connectivity index (χ4n) is 2.15. The van der Waals surface area contributed by atoms with E-state index in [4.69, 9.17) is 5.26 Å². The third-order valence-corrected chi connectivity index (χ3v) is 3.53. The van der Waals surface area contributed by atoms with Crippen molar-refractivity contribution < 1.29 is 0 Å². The highest BCUT2D eigenvalue weighted by Crippen LogP contribution is 2.35. The van der Waals surface area contributed by atoms with Gasteiger partial charge in [-0.05, 0) is 48.9 Å². The van der Waals surface area contributed by atoms with E-state index in [1.54, 1.807) is 0 Å². The van der Waals surface area contributed by atoms with Crippen LogP contribution in [0.25, 0.3) is 0 Å². The lowest BCUT2D eigenvalue weighted by Crippen LogP contribution is -2.09. The van der Waals surface area contributed by atoms with Gasteiger partial charge in [0.25, 0.3) is 0 Å². The number of aryl methyl sites for hydroxylation is 1. The van der Waals surface area contributed by atoms with Crippen molar-refractivity contribution in [1.82, 2.24) is 0 Å². The van der Waals surface area contributed by atoms with Crippen LogP contribution in [0.4, 0.5) is 0 Å². The molecule has 0 aliphatic heterocycles. The highest BCUT2D eigenvalue weighted by molar-refractivity contribution is 9.10. The number of hydrogen-bond acceptors (Lipinski definition) is 1. The highest BCUT2D eigenvalue weighted by atomic mass is 79.9. The molecule has 14 heavy (non-hydrogen) atoms. The molecule has 0 spiro atoms. The van der Waals surface area contributed by atoms with Crippen LogP contribution in [0.1, 0.15) is 35.4 Å². The summed E-state index contributed by atoms with van der Waals surface area (Å²) in [6.45, 7) is 2.08.